The molecule has 3 fully saturated rings. The Labute approximate surface area is 270 Å². The van der Waals surface area contributed by atoms with Crippen molar-refractivity contribution in [1.29, 1.82) is 0 Å². The van der Waals surface area contributed by atoms with Crippen molar-refractivity contribution in [3.63, 3.8) is 0 Å². The molecular weight excluding hydrogens is 601 g/mol. The highest BCUT2D eigenvalue weighted by Crippen LogP contribution is 2.37. The number of nitrogens with zero attached hydrogens (tertiary/aromatic N) is 8. The molecule has 0 aliphatic carbocycles. The van der Waals surface area contributed by atoms with Gasteiger partial charge in [0, 0.05) is 56.9 Å². The minimum Gasteiger partial charge on any atom is -0.477 e. The molecule has 3 saturated heterocycles. The third-order valence-corrected chi connectivity index (χ3v) is 9.60. The van der Waals surface area contributed by atoms with Crippen molar-refractivity contribution in [1.82, 2.24) is 34.5 Å². The summed E-state index contributed by atoms with van der Waals surface area (Å²) in [5.74, 6) is 0.725. The molecule has 0 saturated carbocycles. The fraction of sp³-hybridized carbons (Fsp3) is 0.324. The Morgan fingerprint density at radius 3 is 2.32 bits per heavy atom. The van der Waals surface area contributed by atoms with Gasteiger partial charge in [-0.05, 0) is 55.0 Å². The minimum atomic E-state index is -1.12. The number of carbonyl (C=O) groups is 1. The first kappa shape index (κ1) is 29.3. The van der Waals surface area contributed by atoms with Crippen molar-refractivity contribution >= 4 is 28.5 Å². The maximum atomic E-state index is 16.0. The van der Waals surface area contributed by atoms with Crippen molar-refractivity contribution in [3.8, 4) is 22.8 Å². The van der Waals surface area contributed by atoms with Crippen LogP contribution in [0.5, 0.6) is 11.5 Å². The van der Waals surface area contributed by atoms with E-state index in [9.17, 15) is 4.79 Å². The average Bonchev–Trinajstić information content (AvgIpc) is 3.43. The van der Waals surface area contributed by atoms with E-state index in [0.29, 0.717) is 53.3 Å². The maximum absolute atomic E-state index is 16.0. The van der Waals surface area contributed by atoms with Crippen LogP contribution >= 0.6 is 0 Å². The molecule has 3 N–H and O–H groups in total. The lowest BCUT2D eigenvalue weighted by Crippen LogP contribution is -2.70. The van der Waals surface area contributed by atoms with Crippen LogP contribution in [-0.4, -0.2) is 103 Å². The van der Waals surface area contributed by atoms with Gasteiger partial charge < -0.3 is 20.5 Å². The highest BCUT2D eigenvalue weighted by atomic mass is 19.1. The minimum absolute atomic E-state index is 0.0462. The molecule has 47 heavy (non-hydrogen) atoms. The Hall–Kier alpha value is -5.14. The highest BCUT2D eigenvalue weighted by molar-refractivity contribution is 5.98. The van der Waals surface area contributed by atoms with Crippen LogP contribution in [0.15, 0.2) is 79.3 Å². The molecule has 6 heterocycles. The van der Waals surface area contributed by atoms with Crippen LogP contribution in [0.4, 0.5) is 15.9 Å². The van der Waals surface area contributed by atoms with Crippen molar-refractivity contribution in [2.45, 2.75) is 30.7 Å². The third kappa shape index (κ3) is 5.51. The average molecular weight is 636 g/mol. The molecule has 13 heteroatoms. The van der Waals surface area contributed by atoms with E-state index in [-0.39, 0.29) is 5.69 Å². The smallest absolute Gasteiger partial charge is 0.354 e. The third-order valence-electron chi connectivity index (χ3n) is 9.60. The summed E-state index contributed by atoms with van der Waals surface area (Å²) in [5, 5.41) is 14.6. The van der Waals surface area contributed by atoms with Crippen LogP contribution in [0, 0.1) is 0 Å². The number of piperidine rings is 1. The lowest BCUT2D eigenvalue weighted by atomic mass is 9.95. The van der Waals surface area contributed by atoms with E-state index in [0.717, 1.165) is 49.7 Å². The Kier molecular flexibility index (Phi) is 7.41. The fourth-order valence-corrected chi connectivity index (χ4v) is 6.87. The molecular formula is C34H34FN9O3. The molecule has 0 bridgehead atoms. The normalized spacial score (nSPS) is 21.0. The molecule has 2 aromatic carbocycles. The van der Waals surface area contributed by atoms with Crippen molar-refractivity contribution in [2.75, 3.05) is 49.9 Å². The number of carboxylic acids is 1. The molecule has 3 aromatic heterocycles. The molecule has 0 unspecified atom stereocenters. The van der Waals surface area contributed by atoms with E-state index in [4.69, 9.17) is 20.7 Å². The summed E-state index contributed by atoms with van der Waals surface area (Å²) in [5.41, 5.74) is 9.30. The number of aromatic nitrogens is 5. The largest absolute Gasteiger partial charge is 0.477 e. The topological polar surface area (TPSA) is 139 Å². The number of nitrogens with two attached hydrogens (primary N) is 1. The molecule has 240 valence electrons. The van der Waals surface area contributed by atoms with Gasteiger partial charge in [0.25, 0.3) is 0 Å². The number of hydrogen-bond donors (Lipinski definition) is 2. The summed E-state index contributed by atoms with van der Waals surface area (Å²) < 4.78 is 23.7. The molecule has 8 rings (SSSR count). The summed E-state index contributed by atoms with van der Waals surface area (Å²) >= 11 is 0. The number of halogens is 1. The van der Waals surface area contributed by atoms with E-state index >= 15 is 4.39 Å². The van der Waals surface area contributed by atoms with Gasteiger partial charge in [0.05, 0.1) is 23.3 Å². The lowest BCUT2D eigenvalue weighted by Gasteiger charge is -2.55. The zero-order valence-electron chi connectivity index (χ0n) is 25.6. The predicted octanol–water partition coefficient (Wildman–Crippen LogP) is 4.12. The van der Waals surface area contributed by atoms with Crippen molar-refractivity contribution in [3.05, 3.63) is 84.9 Å². The van der Waals surface area contributed by atoms with Gasteiger partial charge in [-0.15, -0.1) is 0 Å². The van der Waals surface area contributed by atoms with Crippen LogP contribution < -0.4 is 15.4 Å². The SMILES string of the molecule is Nc1ncnc2c1c(-c1ccc(Oc3ccccc3)cc1)nn2[C@@H]1CCN(C2CN(C3CN(c4ccc(C(=O)O)nc4)C3)C2)C[C@@H]1F. The van der Waals surface area contributed by atoms with E-state index in [1.807, 2.05) is 54.6 Å². The Morgan fingerprint density at radius 2 is 1.62 bits per heavy atom. The quantitative estimate of drug-likeness (QED) is 0.255. The van der Waals surface area contributed by atoms with Crippen molar-refractivity contribution in [2.24, 2.45) is 0 Å². The van der Waals surface area contributed by atoms with Gasteiger partial charge in [0.15, 0.2) is 5.65 Å². The van der Waals surface area contributed by atoms with Crippen LogP contribution in [0.3, 0.4) is 0 Å². The van der Waals surface area contributed by atoms with E-state index < -0.39 is 18.2 Å². The van der Waals surface area contributed by atoms with Crippen LogP contribution in [0.25, 0.3) is 22.3 Å². The zero-order chi connectivity index (χ0) is 32.1. The Morgan fingerprint density at radius 1 is 0.872 bits per heavy atom. The predicted molar refractivity (Wildman–Crippen MR) is 174 cm³/mol. The summed E-state index contributed by atoms with van der Waals surface area (Å²) in [6.07, 6.45) is 2.52. The highest BCUT2D eigenvalue weighted by Gasteiger charge is 2.44. The number of para-hydroxylation sites is 1. The summed E-state index contributed by atoms with van der Waals surface area (Å²) in [6.45, 7) is 4.67. The molecule has 0 spiro atoms. The molecule has 5 aromatic rings. The van der Waals surface area contributed by atoms with E-state index in [2.05, 4.69) is 29.7 Å². The summed E-state index contributed by atoms with van der Waals surface area (Å²) in [6, 6.07) is 20.8. The second kappa shape index (κ2) is 11.9. The summed E-state index contributed by atoms with van der Waals surface area (Å²) in [7, 11) is 0. The first-order valence-electron chi connectivity index (χ1n) is 15.8. The van der Waals surface area contributed by atoms with Crippen LogP contribution in [0.1, 0.15) is 23.0 Å². The standard InChI is InChI=1S/C34H34FN9O3/c35-27-19-41(23-15-43(16-23)24-17-42(18-24)22-8-11-28(34(45)46)37-14-22)13-12-29(27)44-33-30(32(36)38-20-39-33)31(40-44)21-6-9-26(10-7-21)47-25-4-2-1-3-5-25/h1-11,14,20,23-24,27,29H,12-13,15-19H2,(H,45,46)(H2,36,38,39)/t27-,29+/m0/s1. The van der Waals surface area contributed by atoms with Crippen LogP contribution in [0.2, 0.25) is 0 Å². The number of benzene rings is 2. The number of fused-ring (bicyclic) bond motifs is 1. The number of rotatable bonds is 8. The molecule has 2 atom stereocenters. The van der Waals surface area contributed by atoms with Gasteiger partial charge in [0.1, 0.15) is 41.2 Å². The summed E-state index contributed by atoms with van der Waals surface area (Å²) in [4.78, 5) is 30.7. The Bertz CT molecular complexity index is 1890. The van der Waals surface area contributed by atoms with Gasteiger partial charge in [-0.1, -0.05) is 18.2 Å². The van der Waals surface area contributed by atoms with Gasteiger partial charge in [-0.2, -0.15) is 5.10 Å². The molecule has 3 aliphatic rings. The number of nitrogen functional groups attached to an aromatic ring is 1. The van der Waals surface area contributed by atoms with E-state index in [1.54, 1.807) is 16.9 Å². The number of carboxylic acid groups (broad SMARTS) is 1. The molecule has 0 amide bonds. The molecule has 0 radical (unpaired) electrons. The lowest BCUT2D eigenvalue weighted by molar-refractivity contribution is -0.0343. The fourth-order valence-electron chi connectivity index (χ4n) is 6.87. The van der Waals surface area contributed by atoms with Crippen molar-refractivity contribution < 1.29 is 19.0 Å². The number of alkyl halides is 1. The van der Waals surface area contributed by atoms with Gasteiger partial charge in [-0.3, -0.25) is 9.80 Å². The number of pyridine rings is 1. The first-order valence-corrected chi connectivity index (χ1v) is 15.8. The Balaban J connectivity index is 0.907. The van der Waals surface area contributed by atoms with Gasteiger partial charge in [-0.25, -0.2) is 28.8 Å². The second-order valence-corrected chi connectivity index (χ2v) is 12.4. The number of hydrogen-bond acceptors (Lipinski definition) is 10. The maximum Gasteiger partial charge on any atom is 0.354 e. The van der Waals surface area contributed by atoms with Crippen LogP contribution in [-0.2, 0) is 0 Å². The second-order valence-electron chi connectivity index (χ2n) is 12.4. The number of anilines is 2. The van der Waals surface area contributed by atoms with Gasteiger partial charge >= 0.3 is 5.97 Å². The van der Waals surface area contributed by atoms with E-state index in [1.165, 1.54) is 12.4 Å². The number of aromatic carboxylic acids is 1. The molecule has 12 nitrogen and oxygen atoms in total. The monoisotopic (exact) mass is 635 g/mol. The molecule has 3 aliphatic heterocycles. The number of ether oxygens (including phenoxy) is 1. The first-order chi connectivity index (χ1) is 22.9. The number of likely N-dealkylation sites (tertiary alicyclic amines) is 2. The van der Waals surface area contributed by atoms with Gasteiger partial charge in [0.2, 0.25) is 0 Å². The zero-order valence-corrected chi connectivity index (χ0v) is 25.6.